The zero-order chi connectivity index (χ0) is 16.4. The molecule has 1 amide bonds. The van der Waals surface area contributed by atoms with Gasteiger partial charge in [-0.3, -0.25) is 9.59 Å². The minimum atomic E-state index is -0.0295. The van der Waals surface area contributed by atoms with Crippen molar-refractivity contribution < 1.29 is 9.59 Å². The second kappa shape index (κ2) is 6.90. The summed E-state index contributed by atoms with van der Waals surface area (Å²) in [7, 11) is 0. The van der Waals surface area contributed by atoms with Crippen molar-refractivity contribution in [2.45, 2.75) is 77.7 Å². The number of rotatable bonds is 5. The summed E-state index contributed by atoms with van der Waals surface area (Å²) in [5.74, 6) is 0.768. The van der Waals surface area contributed by atoms with Gasteiger partial charge < -0.3 is 10.3 Å². The summed E-state index contributed by atoms with van der Waals surface area (Å²) in [5.41, 5.74) is 3.17. The number of unbranched alkanes of at least 4 members (excludes halogenated alkanes) is 1. The number of fused-ring (bicyclic) bond motifs is 1. The molecule has 0 aromatic carbocycles. The number of nitrogens with one attached hydrogen (secondary N) is 2. The molecule has 1 fully saturated rings. The standard InChI is InChI=1S/C19H28N2O2/c1-3-4-7-13-8-5-9-14(13)21-19(23)18-12(2)17-15(20-18)10-6-11-16(17)22/h13-14,20H,3-11H2,1-2H3,(H,21,23). The summed E-state index contributed by atoms with van der Waals surface area (Å²) in [6.07, 6.45) is 9.53. The highest BCUT2D eigenvalue weighted by molar-refractivity contribution is 6.04. The highest BCUT2D eigenvalue weighted by Gasteiger charge is 2.31. The van der Waals surface area contributed by atoms with Crippen LogP contribution in [0.5, 0.6) is 0 Å². The molecule has 2 aliphatic carbocycles. The minimum Gasteiger partial charge on any atom is -0.354 e. The molecular formula is C19H28N2O2. The van der Waals surface area contributed by atoms with Gasteiger partial charge in [0.2, 0.25) is 0 Å². The van der Waals surface area contributed by atoms with Gasteiger partial charge in [-0.05, 0) is 50.5 Å². The van der Waals surface area contributed by atoms with Gasteiger partial charge in [0.05, 0.1) is 0 Å². The van der Waals surface area contributed by atoms with Crippen molar-refractivity contribution in [1.82, 2.24) is 10.3 Å². The second-order valence-electron chi connectivity index (χ2n) is 7.17. The number of hydrogen-bond acceptors (Lipinski definition) is 2. The molecule has 1 aromatic heterocycles. The number of aryl methyl sites for hydroxylation is 1. The van der Waals surface area contributed by atoms with E-state index in [0.29, 0.717) is 24.1 Å². The number of amides is 1. The highest BCUT2D eigenvalue weighted by atomic mass is 16.2. The summed E-state index contributed by atoms with van der Waals surface area (Å²) >= 11 is 0. The van der Waals surface area contributed by atoms with Crippen LogP contribution in [-0.2, 0) is 6.42 Å². The predicted molar refractivity (Wildman–Crippen MR) is 90.9 cm³/mol. The lowest BCUT2D eigenvalue weighted by Crippen LogP contribution is -2.37. The van der Waals surface area contributed by atoms with E-state index >= 15 is 0 Å². The topological polar surface area (TPSA) is 62.0 Å². The van der Waals surface area contributed by atoms with E-state index in [-0.39, 0.29) is 11.7 Å². The minimum absolute atomic E-state index is 0.0295. The molecule has 23 heavy (non-hydrogen) atoms. The average Bonchev–Trinajstić information content (AvgIpc) is 3.10. The third-order valence-electron chi connectivity index (χ3n) is 5.57. The Morgan fingerprint density at radius 1 is 1.26 bits per heavy atom. The highest BCUT2D eigenvalue weighted by Crippen LogP contribution is 2.31. The fraction of sp³-hybridized carbons (Fsp3) is 0.684. The number of hydrogen-bond donors (Lipinski definition) is 2. The van der Waals surface area contributed by atoms with E-state index in [1.165, 1.54) is 32.1 Å². The lowest BCUT2D eigenvalue weighted by Gasteiger charge is -2.20. The molecule has 2 aliphatic rings. The summed E-state index contributed by atoms with van der Waals surface area (Å²) < 4.78 is 0. The van der Waals surface area contributed by atoms with Crippen molar-refractivity contribution in [2.75, 3.05) is 0 Å². The Hall–Kier alpha value is -1.58. The van der Waals surface area contributed by atoms with Gasteiger partial charge >= 0.3 is 0 Å². The lowest BCUT2D eigenvalue weighted by molar-refractivity contribution is 0.0920. The van der Waals surface area contributed by atoms with Crippen molar-refractivity contribution in [3.63, 3.8) is 0 Å². The molecule has 1 saturated carbocycles. The molecule has 3 rings (SSSR count). The van der Waals surface area contributed by atoms with E-state index in [1.807, 2.05) is 6.92 Å². The Morgan fingerprint density at radius 2 is 2.09 bits per heavy atom. The van der Waals surface area contributed by atoms with Crippen molar-refractivity contribution in [1.29, 1.82) is 0 Å². The van der Waals surface area contributed by atoms with E-state index in [1.54, 1.807) is 0 Å². The maximum atomic E-state index is 12.7. The Balaban J connectivity index is 1.72. The van der Waals surface area contributed by atoms with Crippen molar-refractivity contribution >= 4 is 11.7 Å². The van der Waals surface area contributed by atoms with Gasteiger partial charge in [-0.1, -0.05) is 26.2 Å². The average molecular weight is 316 g/mol. The number of aromatic amines is 1. The Kier molecular flexibility index (Phi) is 4.88. The fourth-order valence-corrected chi connectivity index (χ4v) is 4.28. The van der Waals surface area contributed by atoms with Gasteiger partial charge in [-0.15, -0.1) is 0 Å². The van der Waals surface area contributed by atoms with Crippen LogP contribution in [-0.4, -0.2) is 22.7 Å². The van der Waals surface area contributed by atoms with Gasteiger partial charge in [0.1, 0.15) is 5.69 Å². The van der Waals surface area contributed by atoms with E-state index in [2.05, 4.69) is 17.2 Å². The van der Waals surface area contributed by atoms with Gasteiger partial charge in [0.25, 0.3) is 5.91 Å². The normalized spacial score (nSPS) is 23.8. The molecule has 0 bridgehead atoms. The summed E-state index contributed by atoms with van der Waals surface area (Å²) in [5, 5.41) is 3.24. The van der Waals surface area contributed by atoms with Crippen LogP contribution in [0, 0.1) is 12.8 Å². The molecule has 1 heterocycles. The van der Waals surface area contributed by atoms with Gasteiger partial charge in [0.15, 0.2) is 5.78 Å². The molecule has 0 spiro atoms. The summed E-state index contributed by atoms with van der Waals surface area (Å²) in [4.78, 5) is 28.0. The molecule has 2 N–H and O–H groups in total. The smallest absolute Gasteiger partial charge is 0.268 e. The summed E-state index contributed by atoms with van der Waals surface area (Å²) in [6.45, 7) is 4.11. The van der Waals surface area contributed by atoms with Gasteiger partial charge in [-0.2, -0.15) is 0 Å². The first-order valence-corrected chi connectivity index (χ1v) is 9.17. The molecule has 0 radical (unpaired) electrons. The third kappa shape index (κ3) is 3.22. The molecule has 4 heteroatoms. The van der Waals surface area contributed by atoms with E-state index < -0.39 is 0 Å². The number of aromatic nitrogens is 1. The number of ketones is 1. The maximum absolute atomic E-state index is 12.7. The molecule has 0 aliphatic heterocycles. The first-order valence-electron chi connectivity index (χ1n) is 9.17. The molecular weight excluding hydrogens is 288 g/mol. The third-order valence-corrected chi connectivity index (χ3v) is 5.57. The van der Waals surface area contributed by atoms with Crippen molar-refractivity contribution in [2.24, 2.45) is 5.92 Å². The molecule has 126 valence electrons. The van der Waals surface area contributed by atoms with Crippen LogP contribution in [0.15, 0.2) is 0 Å². The number of H-pyrrole nitrogens is 1. The molecule has 1 aromatic rings. The summed E-state index contributed by atoms with van der Waals surface area (Å²) in [6, 6.07) is 0.296. The lowest BCUT2D eigenvalue weighted by atomic mass is 9.93. The quantitative estimate of drug-likeness (QED) is 0.864. The molecule has 0 saturated heterocycles. The fourth-order valence-electron chi connectivity index (χ4n) is 4.28. The van der Waals surface area contributed by atoms with Crippen LogP contribution in [0.1, 0.15) is 90.4 Å². The van der Waals surface area contributed by atoms with Crippen LogP contribution in [0.25, 0.3) is 0 Å². The van der Waals surface area contributed by atoms with Crippen molar-refractivity contribution in [3.8, 4) is 0 Å². The van der Waals surface area contributed by atoms with Crippen LogP contribution >= 0.6 is 0 Å². The largest absolute Gasteiger partial charge is 0.354 e. The van der Waals surface area contributed by atoms with Gasteiger partial charge in [0, 0.05) is 23.7 Å². The monoisotopic (exact) mass is 316 g/mol. The zero-order valence-corrected chi connectivity index (χ0v) is 14.3. The number of carbonyl (C=O) groups excluding carboxylic acids is 2. The molecule has 2 atom stereocenters. The predicted octanol–water partition coefficient (Wildman–Crippen LogP) is 3.93. The first-order chi connectivity index (χ1) is 11.1. The van der Waals surface area contributed by atoms with E-state index in [4.69, 9.17) is 0 Å². The Bertz CT molecular complexity index is 603. The maximum Gasteiger partial charge on any atom is 0.268 e. The van der Waals surface area contributed by atoms with Crippen LogP contribution in [0.2, 0.25) is 0 Å². The zero-order valence-electron chi connectivity index (χ0n) is 14.3. The Morgan fingerprint density at radius 3 is 2.83 bits per heavy atom. The van der Waals surface area contributed by atoms with Crippen molar-refractivity contribution in [3.05, 3.63) is 22.5 Å². The molecule has 4 nitrogen and oxygen atoms in total. The van der Waals surface area contributed by atoms with E-state index in [0.717, 1.165) is 36.1 Å². The van der Waals surface area contributed by atoms with Crippen LogP contribution in [0.3, 0.4) is 0 Å². The van der Waals surface area contributed by atoms with Crippen LogP contribution in [0.4, 0.5) is 0 Å². The van der Waals surface area contributed by atoms with Crippen LogP contribution < -0.4 is 5.32 Å². The first kappa shape index (κ1) is 16.3. The SMILES string of the molecule is CCCCC1CCCC1NC(=O)c1[nH]c2c(c1C)C(=O)CCC2. The number of carbonyl (C=O) groups is 2. The van der Waals surface area contributed by atoms with Gasteiger partial charge in [-0.25, -0.2) is 0 Å². The Labute approximate surface area is 138 Å². The van der Waals surface area contributed by atoms with E-state index in [9.17, 15) is 9.59 Å². The number of Topliss-reactive ketones (excluding diaryl/α,β-unsaturated/α-hetero) is 1. The molecule has 2 unspecified atom stereocenters. The second-order valence-corrected chi connectivity index (χ2v) is 7.17.